The van der Waals surface area contributed by atoms with Crippen LogP contribution in [0.3, 0.4) is 0 Å². The average Bonchev–Trinajstić information content (AvgIpc) is 3.27. The molecular formula is C21H16BrNO5S. The van der Waals surface area contributed by atoms with E-state index in [0.29, 0.717) is 27.1 Å². The van der Waals surface area contributed by atoms with Crippen LogP contribution >= 0.6 is 27.7 Å². The van der Waals surface area contributed by atoms with Gasteiger partial charge < -0.3 is 19.3 Å². The predicted molar refractivity (Wildman–Crippen MR) is 116 cm³/mol. The number of carbonyl (C=O) groups excluding carboxylic acids is 1. The van der Waals surface area contributed by atoms with Crippen molar-refractivity contribution in [3.63, 3.8) is 0 Å². The lowest BCUT2D eigenvalue weighted by Crippen LogP contribution is -2.12. The minimum absolute atomic E-state index is 0.0591. The molecule has 0 aliphatic carbocycles. The van der Waals surface area contributed by atoms with Gasteiger partial charge in [-0.1, -0.05) is 45.9 Å². The highest BCUT2D eigenvalue weighted by Gasteiger charge is 2.33. The molecule has 0 amide bonds. The van der Waals surface area contributed by atoms with Crippen molar-refractivity contribution in [2.75, 3.05) is 13.4 Å². The minimum Gasteiger partial charge on any atom is -0.506 e. The second-order valence-electron chi connectivity index (χ2n) is 6.03. The normalized spacial score (nSPS) is 18.0. The average molecular weight is 474 g/mol. The lowest BCUT2D eigenvalue weighted by atomic mass is 10.1. The maximum absolute atomic E-state index is 12.5. The molecule has 8 heteroatoms. The Morgan fingerprint density at radius 3 is 2.72 bits per heavy atom. The van der Waals surface area contributed by atoms with Gasteiger partial charge in [-0.05, 0) is 42.8 Å². The first-order valence-electron chi connectivity index (χ1n) is 8.80. The number of benzene rings is 2. The zero-order valence-corrected chi connectivity index (χ0v) is 17.7. The van der Waals surface area contributed by atoms with E-state index in [2.05, 4.69) is 20.9 Å². The van der Waals surface area contributed by atoms with Crippen LogP contribution in [0.25, 0.3) is 6.08 Å². The van der Waals surface area contributed by atoms with Crippen molar-refractivity contribution in [2.45, 2.75) is 6.92 Å². The summed E-state index contributed by atoms with van der Waals surface area (Å²) < 4.78 is 16.7. The van der Waals surface area contributed by atoms with Crippen LogP contribution < -0.4 is 9.47 Å². The molecule has 0 atom stereocenters. The molecular weight excluding hydrogens is 458 g/mol. The van der Waals surface area contributed by atoms with Crippen molar-refractivity contribution in [2.24, 2.45) is 4.99 Å². The smallest absolute Gasteiger partial charge is 0.344 e. The number of hydrogen-bond acceptors (Lipinski definition) is 7. The fraction of sp³-hybridized carbons (Fsp3) is 0.143. The highest BCUT2D eigenvalue weighted by molar-refractivity contribution is 9.10. The summed E-state index contributed by atoms with van der Waals surface area (Å²) in [7, 11) is 0. The molecule has 4 rings (SSSR count). The van der Waals surface area contributed by atoms with Crippen molar-refractivity contribution in [3.05, 3.63) is 68.7 Å². The molecule has 29 heavy (non-hydrogen) atoms. The van der Waals surface area contributed by atoms with E-state index in [-0.39, 0.29) is 24.7 Å². The third-order valence-electron chi connectivity index (χ3n) is 4.14. The first-order valence-corrected chi connectivity index (χ1v) is 10.4. The minimum atomic E-state index is -0.611. The number of thioether (sulfide) groups is 1. The number of ether oxygens (including phenoxy) is 3. The summed E-state index contributed by atoms with van der Waals surface area (Å²) >= 11 is 4.71. The van der Waals surface area contributed by atoms with Crippen LogP contribution in [-0.2, 0) is 9.53 Å². The van der Waals surface area contributed by atoms with E-state index in [1.165, 1.54) is 11.8 Å². The fourth-order valence-electron chi connectivity index (χ4n) is 2.80. The number of aliphatic imine (C=N–C) groups is 1. The van der Waals surface area contributed by atoms with Crippen molar-refractivity contribution in [1.29, 1.82) is 0 Å². The monoisotopic (exact) mass is 473 g/mol. The summed E-state index contributed by atoms with van der Waals surface area (Å²) in [6.45, 7) is 2.08. The maximum atomic E-state index is 12.5. The van der Waals surface area contributed by atoms with Crippen molar-refractivity contribution in [3.8, 4) is 11.5 Å². The number of nitrogens with zero attached hydrogens (tertiary/aromatic N) is 1. The van der Waals surface area contributed by atoms with Crippen LogP contribution in [-0.4, -0.2) is 29.5 Å². The molecule has 2 aliphatic rings. The van der Waals surface area contributed by atoms with Crippen LogP contribution in [0, 0.1) is 0 Å². The SMILES string of the molecule is CCOC(=O)C1=C(O)/C(=C/c2cc3c(cc2Br)OCO3)SC1=Nc1ccccc1. The fourth-order valence-corrected chi connectivity index (χ4v) is 4.26. The summed E-state index contributed by atoms with van der Waals surface area (Å²) in [5.74, 6) is 0.500. The molecule has 148 valence electrons. The Labute approximate surface area is 180 Å². The van der Waals surface area contributed by atoms with Gasteiger partial charge in [0, 0.05) is 4.47 Å². The Kier molecular flexibility index (Phi) is 5.64. The first-order chi connectivity index (χ1) is 14.1. The molecule has 0 saturated carbocycles. The van der Waals surface area contributed by atoms with E-state index >= 15 is 0 Å². The van der Waals surface area contributed by atoms with Gasteiger partial charge in [0.15, 0.2) is 11.5 Å². The largest absolute Gasteiger partial charge is 0.506 e. The summed E-state index contributed by atoms with van der Waals surface area (Å²) in [5.41, 5.74) is 1.51. The molecule has 2 aliphatic heterocycles. The summed E-state index contributed by atoms with van der Waals surface area (Å²) in [5, 5.41) is 11.2. The standard InChI is InChI=1S/C21H16BrNO5S/c1-2-26-21(25)18-19(24)17(29-20(18)23-13-6-4-3-5-7-13)9-12-8-15-16(10-14(12)22)28-11-27-15/h3-10,24H,2,11H2,1H3/b17-9-,23-20?. The quantitative estimate of drug-likeness (QED) is 0.601. The number of para-hydroxylation sites is 1. The van der Waals surface area contributed by atoms with Gasteiger partial charge in [0.1, 0.15) is 16.4 Å². The second kappa shape index (κ2) is 8.34. The summed E-state index contributed by atoms with van der Waals surface area (Å²) in [6.07, 6.45) is 1.76. The highest BCUT2D eigenvalue weighted by atomic mass is 79.9. The van der Waals surface area contributed by atoms with Gasteiger partial charge in [0.25, 0.3) is 0 Å². The van der Waals surface area contributed by atoms with Gasteiger partial charge in [-0.3, -0.25) is 0 Å². The van der Waals surface area contributed by atoms with Gasteiger partial charge >= 0.3 is 5.97 Å². The Balaban J connectivity index is 1.76. The first kappa shape index (κ1) is 19.6. The van der Waals surface area contributed by atoms with Crippen molar-refractivity contribution in [1.82, 2.24) is 0 Å². The Hall–Kier alpha value is -2.71. The van der Waals surface area contributed by atoms with E-state index in [1.807, 2.05) is 36.4 Å². The van der Waals surface area contributed by atoms with Crippen molar-refractivity contribution < 1.29 is 24.1 Å². The number of halogens is 1. The van der Waals surface area contributed by atoms with E-state index < -0.39 is 5.97 Å². The van der Waals surface area contributed by atoms with E-state index in [0.717, 1.165) is 10.0 Å². The molecule has 6 nitrogen and oxygen atoms in total. The Morgan fingerprint density at radius 1 is 1.28 bits per heavy atom. The van der Waals surface area contributed by atoms with Crippen LogP contribution in [0.2, 0.25) is 0 Å². The Bertz CT molecular complexity index is 1060. The number of fused-ring (bicyclic) bond motifs is 1. The number of aliphatic hydroxyl groups excluding tert-OH is 1. The van der Waals surface area contributed by atoms with Crippen LogP contribution in [0.4, 0.5) is 5.69 Å². The number of aliphatic hydroxyl groups is 1. The van der Waals surface area contributed by atoms with Gasteiger partial charge in [-0.15, -0.1) is 0 Å². The van der Waals surface area contributed by atoms with Crippen LogP contribution in [0.1, 0.15) is 12.5 Å². The molecule has 2 heterocycles. The molecule has 0 bridgehead atoms. The number of rotatable bonds is 4. The maximum Gasteiger partial charge on any atom is 0.344 e. The van der Waals surface area contributed by atoms with E-state index in [1.54, 1.807) is 19.1 Å². The number of hydrogen-bond donors (Lipinski definition) is 1. The van der Waals surface area contributed by atoms with Gasteiger partial charge in [0.05, 0.1) is 17.2 Å². The lowest BCUT2D eigenvalue weighted by molar-refractivity contribution is -0.138. The van der Waals surface area contributed by atoms with Gasteiger partial charge in [0.2, 0.25) is 6.79 Å². The van der Waals surface area contributed by atoms with Crippen molar-refractivity contribution >= 4 is 50.5 Å². The molecule has 0 spiro atoms. The number of esters is 1. The predicted octanol–water partition coefficient (Wildman–Crippen LogP) is 5.37. The molecule has 0 unspecified atom stereocenters. The third-order valence-corrected chi connectivity index (χ3v) is 5.84. The molecule has 0 radical (unpaired) electrons. The van der Waals surface area contributed by atoms with Gasteiger partial charge in [-0.25, -0.2) is 9.79 Å². The Morgan fingerprint density at radius 2 is 2.00 bits per heavy atom. The zero-order chi connectivity index (χ0) is 20.4. The van der Waals surface area contributed by atoms with Crippen LogP contribution in [0.5, 0.6) is 11.5 Å². The van der Waals surface area contributed by atoms with E-state index in [9.17, 15) is 9.90 Å². The molecule has 0 aromatic heterocycles. The topological polar surface area (TPSA) is 77.4 Å². The molecule has 2 aromatic rings. The second-order valence-corrected chi connectivity index (χ2v) is 7.92. The lowest BCUT2D eigenvalue weighted by Gasteiger charge is -2.04. The van der Waals surface area contributed by atoms with Gasteiger partial charge in [-0.2, -0.15) is 0 Å². The molecule has 2 aromatic carbocycles. The molecule has 0 saturated heterocycles. The molecule has 0 fully saturated rings. The third kappa shape index (κ3) is 4.04. The highest BCUT2D eigenvalue weighted by Crippen LogP contribution is 2.43. The summed E-state index contributed by atoms with van der Waals surface area (Å²) in [6, 6.07) is 12.9. The summed E-state index contributed by atoms with van der Waals surface area (Å²) in [4.78, 5) is 17.5. The van der Waals surface area contributed by atoms with E-state index in [4.69, 9.17) is 14.2 Å². The van der Waals surface area contributed by atoms with Crippen LogP contribution in [0.15, 0.2) is 68.2 Å². The molecule has 1 N–H and O–H groups in total. The zero-order valence-electron chi connectivity index (χ0n) is 15.3. The number of carbonyl (C=O) groups is 1.